The first-order valence-corrected chi connectivity index (χ1v) is 10.4. The Kier molecular flexibility index (Phi) is 4.81. The highest BCUT2D eigenvalue weighted by atomic mass is 32.2. The molecule has 3 N–H and O–H groups in total. The minimum Gasteiger partial charge on any atom is -0.452 e. The van der Waals surface area contributed by atoms with Gasteiger partial charge in [-0.05, 0) is 24.3 Å². The number of anilines is 2. The van der Waals surface area contributed by atoms with E-state index in [0.717, 1.165) is 0 Å². The number of nitrogens with one attached hydrogen (secondary N) is 1. The summed E-state index contributed by atoms with van der Waals surface area (Å²) in [6.07, 6.45) is 2.73. The highest BCUT2D eigenvalue weighted by Crippen LogP contribution is 2.37. The summed E-state index contributed by atoms with van der Waals surface area (Å²) in [6.45, 7) is 0.0164. The maximum absolute atomic E-state index is 12.7. The van der Waals surface area contributed by atoms with E-state index in [9.17, 15) is 18.5 Å². The third-order valence-electron chi connectivity index (χ3n) is 4.94. The second kappa shape index (κ2) is 7.33. The molecule has 4 rings (SSSR count). The summed E-state index contributed by atoms with van der Waals surface area (Å²) in [5.74, 6) is -0.454. The molecule has 0 saturated carbocycles. The highest BCUT2D eigenvalue weighted by Gasteiger charge is 2.51. The molecule has 154 valence electrons. The van der Waals surface area contributed by atoms with Crippen molar-refractivity contribution in [3.63, 3.8) is 0 Å². The average Bonchev–Trinajstić information content (AvgIpc) is 3.36. The van der Waals surface area contributed by atoms with Crippen molar-refractivity contribution >= 4 is 27.4 Å². The number of para-hydroxylation sites is 1. The number of furan rings is 1. The summed E-state index contributed by atoms with van der Waals surface area (Å²) in [5, 5.41) is 16.6. The zero-order valence-corrected chi connectivity index (χ0v) is 16.5. The smallest absolute Gasteiger partial charge is 0.276 e. The molecule has 11 heteroatoms. The molecule has 0 radical (unpaired) electrons. The van der Waals surface area contributed by atoms with E-state index in [-0.39, 0.29) is 36.0 Å². The molecule has 1 aromatic carbocycles. The van der Waals surface area contributed by atoms with Crippen molar-refractivity contribution in [1.82, 2.24) is 14.1 Å². The number of hydrogen-bond donors (Lipinski definition) is 2. The number of sulfonamides is 1. The zero-order valence-electron chi connectivity index (χ0n) is 15.7. The number of aromatic nitrogens is 2. The van der Waals surface area contributed by atoms with Gasteiger partial charge in [-0.15, -0.1) is 0 Å². The molecule has 1 aliphatic heterocycles. The minimum absolute atomic E-state index is 0.00182. The van der Waals surface area contributed by atoms with E-state index >= 15 is 0 Å². The molecule has 1 aliphatic rings. The molecule has 1 saturated heterocycles. The Morgan fingerprint density at radius 3 is 2.60 bits per heavy atom. The lowest BCUT2D eigenvalue weighted by Gasteiger charge is -2.47. The lowest BCUT2D eigenvalue weighted by Crippen LogP contribution is -2.64. The van der Waals surface area contributed by atoms with Crippen LogP contribution in [0.4, 0.5) is 11.5 Å². The molecule has 3 heterocycles. The van der Waals surface area contributed by atoms with Gasteiger partial charge in [0.2, 0.25) is 5.09 Å². The van der Waals surface area contributed by atoms with Gasteiger partial charge in [0, 0.05) is 25.0 Å². The number of primary amides is 1. The van der Waals surface area contributed by atoms with E-state index in [1.807, 2.05) is 18.2 Å². The monoisotopic (exact) mass is 426 g/mol. The summed E-state index contributed by atoms with van der Waals surface area (Å²) >= 11 is 0. The van der Waals surface area contributed by atoms with Gasteiger partial charge in [0.1, 0.15) is 11.1 Å². The normalized spacial score (nSPS) is 15.8. The largest absolute Gasteiger partial charge is 0.452 e. The van der Waals surface area contributed by atoms with Crippen LogP contribution in [0.5, 0.6) is 0 Å². The van der Waals surface area contributed by atoms with Crippen molar-refractivity contribution in [3.05, 3.63) is 60.5 Å². The van der Waals surface area contributed by atoms with Gasteiger partial charge < -0.3 is 15.5 Å². The minimum atomic E-state index is -3.82. The van der Waals surface area contributed by atoms with Crippen LogP contribution >= 0.6 is 0 Å². The number of rotatable bonds is 7. The van der Waals surface area contributed by atoms with E-state index < -0.39 is 21.5 Å². The lowest BCUT2D eigenvalue weighted by atomic mass is 9.89. The Morgan fingerprint density at radius 2 is 2.00 bits per heavy atom. The van der Waals surface area contributed by atoms with Crippen molar-refractivity contribution in [2.45, 2.75) is 17.1 Å². The van der Waals surface area contributed by atoms with Crippen molar-refractivity contribution in [3.8, 4) is 6.07 Å². The predicted molar refractivity (Wildman–Crippen MR) is 106 cm³/mol. The summed E-state index contributed by atoms with van der Waals surface area (Å²) < 4.78 is 33.0. The first-order chi connectivity index (χ1) is 14.4. The zero-order chi connectivity index (χ0) is 21.4. The van der Waals surface area contributed by atoms with E-state index in [0.29, 0.717) is 5.69 Å². The van der Waals surface area contributed by atoms with Crippen molar-refractivity contribution in [2.75, 3.05) is 18.4 Å². The van der Waals surface area contributed by atoms with E-state index in [1.54, 1.807) is 12.1 Å². The predicted octanol–water partition coefficient (Wildman–Crippen LogP) is 1.63. The first-order valence-electron chi connectivity index (χ1n) is 8.98. The number of hydrogen-bond acceptors (Lipinski definition) is 7. The van der Waals surface area contributed by atoms with E-state index in [1.165, 1.54) is 33.6 Å². The van der Waals surface area contributed by atoms with Crippen LogP contribution in [0.15, 0.2) is 64.4 Å². The number of carbonyl (C=O) groups is 1. The standard InChI is InChI=1S/C19H18N6O4S/c20-9-8-19(12-24(13-19)30(27,28)16-7-4-10-29-16)25-11-15(17(21)26)18(23-25)22-14-5-2-1-3-6-14/h1-7,10-11H,8,12-13H2,(H2,21,26)(H,22,23). The Hall–Kier alpha value is -3.62. The number of nitrogens with zero attached hydrogens (tertiary/aromatic N) is 4. The lowest BCUT2D eigenvalue weighted by molar-refractivity contribution is 0.0704. The second-order valence-electron chi connectivity index (χ2n) is 6.96. The molecule has 0 atom stereocenters. The van der Waals surface area contributed by atoms with Crippen LogP contribution in [0.2, 0.25) is 0 Å². The number of amides is 1. The average molecular weight is 426 g/mol. The molecule has 0 aliphatic carbocycles. The molecule has 3 aromatic rings. The fraction of sp³-hybridized carbons (Fsp3) is 0.211. The molecule has 1 amide bonds. The number of nitriles is 1. The summed E-state index contributed by atoms with van der Waals surface area (Å²) in [5.41, 5.74) is 5.43. The van der Waals surface area contributed by atoms with E-state index in [4.69, 9.17) is 10.2 Å². The molecule has 0 spiro atoms. The van der Waals surface area contributed by atoms with Crippen molar-refractivity contribution in [1.29, 1.82) is 5.26 Å². The second-order valence-corrected chi connectivity index (χ2v) is 8.82. The van der Waals surface area contributed by atoms with Gasteiger partial charge in [0.25, 0.3) is 15.9 Å². The molecular weight excluding hydrogens is 408 g/mol. The maximum atomic E-state index is 12.7. The topological polar surface area (TPSA) is 147 Å². The molecule has 1 fully saturated rings. The highest BCUT2D eigenvalue weighted by molar-refractivity contribution is 7.89. The molecule has 2 aromatic heterocycles. The van der Waals surface area contributed by atoms with Crippen LogP contribution in [0.1, 0.15) is 16.8 Å². The van der Waals surface area contributed by atoms with Gasteiger partial charge in [0.05, 0.1) is 18.8 Å². The van der Waals surface area contributed by atoms with Crippen LogP contribution in [-0.2, 0) is 15.6 Å². The third kappa shape index (κ3) is 3.32. The Labute approximate surface area is 172 Å². The summed E-state index contributed by atoms with van der Waals surface area (Å²) in [7, 11) is -3.82. The first kappa shape index (κ1) is 19.7. The number of benzene rings is 1. The van der Waals surface area contributed by atoms with Crippen LogP contribution in [-0.4, -0.2) is 41.5 Å². The molecule has 0 unspecified atom stereocenters. The molecule has 0 bridgehead atoms. The SMILES string of the molecule is N#CCC1(n2cc(C(N)=O)c(Nc3ccccc3)n2)CN(S(=O)(=O)c2ccco2)C1. The van der Waals surface area contributed by atoms with Crippen LogP contribution in [0.3, 0.4) is 0 Å². The van der Waals surface area contributed by atoms with Crippen molar-refractivity contribution in [2.24, 2.45) is 5.73 Å². The quantitative estimate of drug-likeness (QED) is 0.583. The molecule has 10 nitrogen and oxygen atoms in total. The number of nitrogens with two attached hydrogens (primary N) is 1. The van der Waals surface area contributed by atoms with Gasteiger partial charge in [0.15, 0.2) is 5.82 Å². The fourth-order valence-corrected chi connectivity index (χ4v) is 4.85. The Bertz CT molecular complexity index is 1210. The summed E-state index contributed by atoms with van der Waals surface area (Å²) in [4.78, 5) is 11.9. The third-order valence-corrected chi connectivity index (χ3v) is 6.62. The Morgan fingerprint density at radius 1 is 1.27 bits per heavy atom. The molecular formula is C19H18N6O4S. The van der Waals surface area contributed by atoms with E-state index in [2.05, 4.69) is 16.5 Å². The molecule has 30 heavy (non-hydrogen) atoms. The maximum Gasteiger partial charge on any atom is 0.276 e. The fourth-order valence-electron chi connectivity index (χ4n) is 3.35. The van der Waals surface area contributed by atoms with Gasteiger partial charge >= 0.3 is 0 Å². The van der Waals surface area contributed by atoms with Gasteiger partial charge in [-0.25, -0.2) is 8.42 Å². The Balaban J connectivity index is 1.65. The van der Waals surface area contributed by atoms with Crippen LogP contribution < -0.4 is 11.1 Å². The van der Waals surface area contributed by atoms with Gasteiger partial charge in [-0.3, -0.25) is 9.48 Å². The number of carbonyl (C=O) groups excluding carboxylic acids is 1. The summed E-state index contributed by atoms with van der Waals surface area (Å²) in [6, 6.07) is 14.0. The van der Waals surface area contributed by atoms with Crippen LogP contribution in [0, 0.1) is 11.3 Å². The van der Waals surface area contributed by atoms with Gasteiger partial charge in [-0.1, -0.05) is 18.2 Å². The van der Waals surface area contributed by atoms with Crippen LogP contribution in [0.25, 0.3) is 0 Å². The van der Waals surface area contributed by atoms with Gasteiger partial charge in [-0.2, -0.15) is 14.7 Å². The van der Waals surface area contributed by atoms with Crippen molar-refractivity contribution < 1.29 is 17.6 Å².